The molecule has 0 radical (unpaired) electrons. The van der Waals surface area contributed by atoms with Crippen molar-refractivity contribution in [1.29, 1.82) is 0 Å². The van der Waals surface area contributed by atoms with Crippen LogP contribution in [0.5, 0.6) is 0 Å². The lowest BCUT2D eigenvalue weighted by molar-refractivity contribution is -0.151. The van der Waals surface area contributed by atoms with Gasteiger partial charge in [-0.25, -0.2) is 4.79 Å². The second-order valence-corrected chi connectivity index (χ2v) is 9.47. The highest BCUT2D eigenvalue weighted by Crippen LogP contribution is 2.51. The fourth-order valence-electron chi connectivity index (χ4n) is 5.12. The molecule has 0 aromatic heterocycles. The van der Waals surface area contributed by atoms with Crippen LogP contribution in [-0.4, -0.2) is 67.2 Å². The second kappa shape index (κ2) is 11.4. The summed E-state index contributed by atoms with van der Waals surface area (Å²) in [6.07, 6.45) is 1.98. The van der Waals surface area contributed by atoms with Gasteiger partial charge < -0.3 is 19.1 Å². The third-order valence-corrected chi connectivity index (χ3v) is 7.03. The summed E-state index contributed by atoms with van der Waals surface area (Å²) in [5.41, 5.74) is 3.25. The third kappa shape index (κ3) is 4.93. The standard InChI is InChI=1S/C29H30ClN3O5/c1-3-37-28(34)24-25(29(35)38-4-2)27-22(19-8-6-5-7-9-19)18-23(32-14-16-36-17-15-32)31-33(27)26(24)20-10-12-21(30)13-11-20/h5-13,18,24,26H,3-4,14-17H2,1-2H3. The molecule has 5 rings (SSSR count). The van der Waals surface area contributed by atoms with E-state index in [1.807, 2.05) is 48.5 Å². The van der Waals surface area contributed by atoms with Crippen LogP contribution in [0.3, 0.4) is 0 Å². The molecule has 9 heteroatoms. The smallest absolute Gasteiger partial charge is 0.337 e. The van der Waals surface area contributed by atoms with Crippen molar-refractivity contribution in [1.82, 2.24) is 9.91 Å². The van der Waals surface area contributed by atoms with Gasteiger partial charge in [-0.2, -0.15) is 5.10 Å². The fourth-order valence-corrected chi connectivity index (χ4v) is 5.24. The lowest BCUT2D eigenvalue weighted by atomic mass is 9.88. The zero-order chi connectivity index (χ0) is 26.6. The van der Waals surface area contributed by atoms with Crippen LogP contribution < -0.4 is 0 Å². The summed E-state index contributed by atoms with van der Waals surface area (Å²) in [6.45, 7) is 6.39. The van der Waals surface area contributed by atoms with Crippen LogP contribution in [0.2, 0.25) is 5.02 Å². The largest absolute Gasteiger partial charge is 0.465 e. The van der Waals surface area contributed by atoms with Gasteiger partial charge in [0.15, 0.2) is 0 Å². The molecule has 1 saturated heterocycles. The maximum atomic E-state index is 13.6. The van der Waals surface area contributed by atoms with E-state index in [0.717, 1.165) is 22.5 Å². The Bertz CT molecular complexity index is 1280. The first-order chi connectivity index (χ1) is 18.5. The maximum Gasteiger partial charge on any atom is 0.337 e. The first kappa shape index (κ1) is 26.0. The second-order valence-electron chi connectivity index (χ2n) is 9.04. The van der Waals surface area contributed by atoms with E-state index in [0.29, 0.717) is 37.0 Å². The highest BCUT2D eigenvalue weighted by atomic mass is 35.5. The zero-order valence-electron chi connectivity index (χ0n) is 21.4. The monoisotopic (exact) mass is 535 g/mol. The Kier molecular flexibility index (Phi) is 7.81. The number of esters is 2. The van der Waals surface area contributed by atoms with Crippen molar-refractivity contribution in [3.63, 3.8) is 0 Å². The van der Waals surface area contributed by atoms with Crippen molar-refractivity contribution in [2.75, 3.05) is 39.5 Å². The Labute approximate surface area is 227 Å². The van der Waals surface area contributed by atoms with Gasteiger partial charge in [0.2, 0.25) is 0 Å². The highest BCUT2D eigenvalue weighted by Gasteiger charge is 2.52. The quantitative estimate of drug-likeness (QED) is 0.506. The summed E-state index contributed by atoms with van der Waals surface area (Å²) in [6, 6.07) is 16.4. The van der Waals surface area contributed by atoms with Crippen molar-refractivity contribution < 1.29 is 23.8 Å². The number of benzene rings is 2. The van der Waals surface area contributed by atoms with Gasteiger partial charge in [0.1, 0.15) is 11.8 Å². The number of hydrazone groups is 1. The molecule has 2 unspecified atom stereocenters. The number of carbonyl (C=O) groups excluding carboxylic acids is 2. The van der Waals surface area contributed by atoms with Gasteiger partial charge in [0.05, 0.1) is 43.7 Å². The molecule has 0 spiro atoms. The van der Waals surface area contributed by atoms with Crippen LogP contribution in [-0.2, 0) is 23.8 Å². The Morgan fingerprint density at radius 2 is 1.68 bits per heavy atom. The molecule has 3 aliphatic heterocycles. The van der Waals surface area contributed by atoms with Gasteiger partial charge in [0, 0.05) is 23.7 Å². The van der Waals surface area contributed by atoms with Gasteiger partial charge in [-0.05, 0) is 43.2 Å². The van der Waals surface area contributed by atoms with Gasteiger partial charge in [-0.15, -0.1) is 0 Å². The van der Waals surface area contributed by atoms with Crippen LogP contribution >= 0.6 is 11.6 Å². The molecule has 198 valence electrons. The summed E-state index contributed by atoms with van der Waals surface area (Å²) >= 11 is 6.21. The summed E-state index contributed by atoms with van der Waals surface area (Å²) < 4.78 is 16.6. The average Bonchev–Trinajstić information content (AvgIpc) is 3.30. The molecule has 3 heterocycles. The van der Waals surface area contributed by atoms with E-state index in [1.54, 1.807) is 31.0 Å². The summed E-state index contributed by atoms with van der Waals surface area (Å²) in [7, 11) is 0. The van der Waals surface area contributed by atoms with Crippen LogP contribution in [0.1, 0.15) is 31.0 Å². The van der Waals surface area contributed by atoms with Crippen molar-refractivity contribution in [3.8, 4) is 0 Å². The minimum Gasteiger partial charge on any atom is -0.465 e. The van der Waals surface area contributed by atoms with Crippen LogP contribution in [0.4, 0.5) is 0 Å². The number of nitrogens with zero attached hydrogens (tertiary/aromatic N) is 3. The normalized spacial score (nSPS) is 21.0. The number of amidine groups is 1. The minimum absolute atomic E-state index is 0.170. The molecule has 0 saturated carbocycles. The minimum atomic E-state index is -0.954. The van der Waals surface area contributed by atoms with E-state index in [2.05, 4.69) is 4.90 Å². The number of halogens is 1. The molecule has 2 aromatic carbocycles. The topological polar surface area (TPSA) is 80.7 Å². The molecule has 38 heavy (non-hydrogen) atoms. The summed E-state index contributed by atoms with van der Waals surface area (Å²) in [4.78, 5) is 29.3. The van der Waals surface area contributed by atoms with Crippen molar-refractivity contribution >= 4 is 34.9 Å². The molecule has 0 bridgehead atoms. The molecular formula is C29H30ClN3O5. The number of carbonyl (C=O) groups is 2. The van der Waals surface area contributed by atoms with E-state index >= 15 is 0 Å². The van der Waals surface area contributed by atoms with Crippen LogP contribution in [0, 0.1) is 5.92 Å². The Hall–Kier alpha value is -3.62. The van der Waals surface area contributed by atoms with Gasteiger partial charge in [-0.1, -0.05) is 54.1 Å². The number of rotatable bonds is 6. The number of hydrogen-bond acceptors (Lipinski definition) is 8. The van der Waals surface area contributed by atoms with Crippen molar-refractivity contribution in [2.45, 2.75) is 19.9 Å². The number of morpholine rings is 1. The first-order valence-corrected chi connectivity index (χ1v) is 13.2. The van der Waals surface area contributed by atoms with Crippen molar-refractivity contribution in [3.05, 3.63) is 88.1 Å². The van der Waals surface area contributed by atoms with E-state index in [1.165, 1.54) is 0 Å². The lowest BCUT2D eigenvalue weighted by Crippen LogP contribution is -2.42. The summed E-state index contributed by atoms with van der Waals surface area (Å²) in [5.74, 6) is -1.28. The molecule has 0 aliphatic carbocycles. The van der Waals surface area contributed by atoms with Gasteiger partial charge in [0.25, 0.3) is 0 Å². The van der Waals surface area contributed by atoms with E-state index < -0.39 is 23.9 Å². The molecule has 2 aromatic rings. The molecule has 1 fully saturated rings. The van der Waals surface area contributed by atoms with Crippen molar-refractivity contribution in [2.24, 2.45) is 11.0 Å². The third-order valence-electron chi connectivity index (χ3n) is 6.78. The van der Waals surface area contributed by atoms with Crippen LogP contribution in [0.25, 0.3) is 5.57 Å². The number of allylic oxidation sites excluding steroid dienone is 1. The maximum absolute atomic E-state index is 13.6. The number of ether oxygens (including phenoxy) is 3. The molecule has 0 amide bonds. The highest BCUT2D eigenvalue weighted by molar-refractivity contribution is 6.30. The molecule has 3 aliphatic rings. The van der Waals surface area contributed by atoms with E-state index in [-0.39, 0.29) is 18.8 Å². The molecule has 0 N–H and O–H groups in total. The molecular weight excluding hydrogens is 506 g/mol. The Morgan fingerprint density at radius 3 is 2.34 bits per heavy atom. The number of fused-ring (bicyclic) bond motifs is 1. The number of hydrogen-bond donors (Lipinski definition) is 0. The van der Waals surface area contributed by atoms with Gasteiger partial charge >= 0.3 is 11.9 Å². The van der Waals surface area contributed by atoms with Gasteiger partial charge in [-0.3, -0.25) is 9.80 Å². The van der Waals surface area contributed by atoms with E-state index in [9.17, 15) is 9.59 Å². The molecule has 8 nitrogen and oxygen atoms in total. The Balaban J connectivity index is 1.76. The predicted molar refractivity (Wildman–Crippen MR) is 144 cm³/mol. The Morgan fingerprint density at radius 1 is 1.00 bits per heavy atom. The summed E-state index contributed by atoms with van der Waals surface area (Å²) in [5, 5.41) is 7.41. The average molecular weight is 536 g/mol. The zero-order valence-corrected chi connectivity index (χ0v) is 22.2. The van der Waals surface area contributed by atoms with E-state index in [4.69, 9.17) is 30.9 Å². The first-order valence-electron chi connectivity index (χ1n) is 12.8. The van der Waals surface area contributed by atoms with Crippen LogP contribution in [0.15, 0.2) is 77.0 Å². The molecule has 2 atom stereocenters. The fraction of sp³-hybridized carbons (Fsp3) is 0.345. The SMILES string of the molecule is CCOC(=O)C1=C2C(c3ccccc3)=CC(N3CCOCC3)=NN2C(c2ccc(Cl)cc2)C1C(=O)OCC. The lowest BCUT2D eigenvalue weighted by Gasteiger charge is -2.36. The predicted octanol–water partition coefficient (Wildman–Crippen LogP) is 4.44.